The number of aryl methyl sites for hydroxylation is 1. The number of aromatic carboxylic acids is 1. The normalized spacial score (nSPS) is 13.4. The number of hydrogen-bond donors (Lipinski definition) is 1. The maximum atomic E-state index is 14.0. The number of carbonyl (C=O) groups is 1. The largest absolute Gasteiger partial charge is 0.477 e. The van der Waals surface area contributed by atoms with E-state index in [-0.39, 0.29) is 16.8 Å². The van der Waals surface area contributed by atoms with Gasteiger partial charge < -0.3 is 5.11 Å². The Labute approximate surface area is 141 Å². The van der Waals surface area contributed by atoms with E-state index in [9.17, 15) is 37.1 Å². The summed E-state index contributed by atoms with van der Waals surface area (Å²) < 4.78 is 53.0. The number of halogens is 4. The van der Waals surface area contributed by atoms with Gasteiger partial charge in [-0.2, -0.15) is 13.2 Å². The van der Waals surface area contributed by atoms with Gasteiger partial charge in [0.1, 0.15) is 15.9 Å². The third-order valence-corrected chi connectivity index (χ3v) is 4.84. The lowest BCUT2D eigenvalue weighted by Gasteiger charge is -2.12. The molecule has 25 heavy (non-hydrogen) atoms. The van der Waals surface area contributed by atoms with Gasteiger partial charge in [-0.05, 0) is 13.8 Å². The number of alkyl halides is 4. The van der Waals surface area contributed by atoms with Crippen molar-refractivity contribution >= 4 is 27.5 Å². The summed E-state index contributed by atoms with van der Waals surface area (Å²) in [6.07, 6.45) is -7.74. The first-order valence-electron chi connectivity index (χ1n) is 7.23. The molecule has 11 heteroatoms. The predicted octanol–water partition coefficient (Wildman–Crippen LogP) is 2.93. The van der Waals surface area contributed by atoms with E-state index in [4.69, 9.17) is 0 Å². The highest BCUT2D eigenvalue weighted by molar-refractivity contribution is 7.20. The molecule has 6 nitrogen and oxygen atoms in total. The summed E-state index contributed by atoms with van der Waals surface area (Å²) in [5, 5.41) is 8.86. The van der Waals surface area contributed by atoms with Crippen LogP contribution in [0.5, 0.6) is 0 Å². The number of thiophene rings is 1. The minimum Gasteiger partial charge on any atom is -0.477 e. The molecule has 0 radical (unpaired) electrons. The minimum atomic E-state index is -4.55. The molecule has 1 unspecified atom stereocenters. The summed E-state index contributed by atoms with van der Waals surface area (Å²) in [7, 11) is 0. The molecule has 2 aromatic rings. The highest BCUT2D eigenvalue weighted by Gasteiger charge is 2.31. The Bertz CT molecular complexity index is 939. The zero-order valence-electron chi connectivity index (χ0n) is 13.2. The second kappa shape index (κ2) is 6.62. The molecule has 1 atom stereocenters. The standard InChI is InChI=1S/C14H14F4N2O4S/c1-3-19-10(21)8-7(6(2)15)9(12(22)23)25-11(8)20(13(19)24)5-4-14(16,17)18/h6H,3-5H2,1-2H3,(H,22,23). The lowest BCUT2D eigenvalue weighted by atomic mass is 10.1. The van der Waals surface area contributed by atoms with Gasteiger partial charge in [0.15, 0.2) is 0 Å². The van der Waals surface area contributed by atoms with Crippen LogP contribution in [0.25, 0.3) is 10.2 Å². The van der Waals surface area contributed by atoms with E-state index in [1.807, 2.05) is 0 Å². The van der Waals surface area contributed by atoms with Crippen LogP contribution in [0, 0.1) is 0 Å². The van der Waals surface area contributed by atoms with Crippen molar-refractivity contribution in [3.05, 3.63) is 31.3 Å². The molecule has 1 N–H and O–H groups in total. The number of aromatic nitrogens is 2. The van der Waals surface area contributed by atoms with Gasteiger partial charge in [0.2, 0.25) is 0 Å². The molecule has 2 heterocycles. The molecular formula is C14H14F4N2O4S. The lowest BCUT2D eigenvalue weighted by molar-refractivity contribution is -0.136. The van der Waals surface area contributed by atoms with Crippen LogP contribution in [0.4, 0.5) is 17.6 Å². The van der Waals surface area contributed by atoms with Crippen LogP contribution in [-0.2, 0) is 13.1 Å². The molecule has 138 valence electrons. The Morgan fingerprint density at radius 2 is 1.88 bits per heavy atom. The van der Waals surface area contributed by atoms with Gasteiger partial charge in [-0.15, -0.1) is 11.3 Å². The monoisotopic (exact) mass is 382 g/mol. The number of rotatable bonds is 5. The van der Waals surface area contributed by atoms with Gasteiger partial charge in [0.05, 0.1) is 11.8 Å². The van der Waals surface area contributed by atoms with Crippen molar-refractivity contribution < 1.29 is 27.5 Å². The van der Waals surface area contributed by atoms with Crippen molar-refractivity contribution in [1.29, 1.82) is 0 Å². The first-order chi connectivity index (χ1) is 11.5. The third-order valence-electron chi connectivity index (χ3n) is 3.62. The molecule has 0 saturated carbocycles. The Kier molecular flexibility index (Phi) is 5.07. The van der Waals surface area contributed by atoms with E-state index in [1.54, 1.807) is 0 Å². The molecule has 0 aliphatic rings. The second-order valence-corrected chi connectivity index (χ2v) is 6.29. The fraction of sp³-hybridized carbons (Fsp3) is 0.500. The van der Waals surface area contributed by atoms with Crippen LogP contribution in [0.1, 0.15) is 41.7 Å². The molecule has 0 spiro atoms. The van der Waals surface area contributed by atoms with Crippen LogP contribution in [0.15, 0.2) is 9.59 Å². The lowest BCUT2D eigenvalue weighted by Crippen LogP contribution is -2.40. The Morgan fingerprint density at radius 1 is 1.28 bits per heavy atom. The van der Waals surface area contributed by atoms with Gasteiger partial charge >= 0.3 is 17.8 Å². The van der Waals surface area contributed by atoms with Crippen LogP contribution >= 0.6 is 11.3 Å². The summed E-state index contributed by atoms with van der Waals surface area (Å²) in [6.45, 7) is 1.53. The number of nitrogens with zero attached hydrogens (tertiary/aromatic N) is 2. The quantitative estimate of drug-likeness (QED) is 0.807. The van der Waals surface area contributed by atoms with Crippen LogP contribution in [-0.4, -0.2) is 26.4 Å². The van der Waals surface area contributed by atoms with Crippen LogP contribution < -0.4 is 11.2 Å². The van der Waals surface area contributed by atoms with Gasteiger partial charge in [-0.25, -0.2) is 14.0 Å². The van der Waals surface area contributed by atoms with Crippen molar-refractivity contribution in [3.8, 4) is 0 Å². The maximum Gasteiger partial charge on any atom is 0.390 e. The van der Waals surface area contributed by atoms with Gasteiger partial charge in [0, 0.05) is 18.7 Å². The number of carboxylic acid groups (broad SMARTS) is 1. The van der Waals surface area contributed by atoms with E-state index < -0.39 is 53.0 Å². The Hall–Kier alpha value is -2.17. The highest BCUT2D eigenvalue weighted by atomic mass is 32.1. The van der Waals surface area contributed by atoms with E-state index >= 15 is 0 Å². The highest BCUT2D eigenvalue weighted by Crippen LogP contribution is 2.35. The van der Waals surface area contributed by atoms with Gasteiger partial charge in [-0.1, -0.05) is 0 Å². The number of fused-ring (bicyclic) bond motifs is 1. The summed E-state index contributed by atoms with van der Waals surface area (Å²) >= 11 is 0.428. The molecule has 0 aliphatic heterocycles. The molecule has 0 aromatic carbocycles. The second-order valence-electron chi connectivity index (χ2n) is 5.29. The first-order valence-corrected chi connectivity index (χ1v) is 8.05. The van der Waals surface area contributed by atoms with Crippen molar-refractivity contribution in [3.63, 3.8) is 0 Å². The molecule has 0 aliphatic carbocycles. The average molecular weight is 382 g/mol. The average Bonchev–Trinajstić information content (AvgIpc) is 2.87. The topological polar surface area (TPSA) is 81.3 Å². The molecule has 2 rings (SSSR count). The molecule has 0 amide bonds. The fourth-order valence-corrected chi connectivity index (χ4v) is 3.77. The van der Waals surface area contributed by atoms with Crippen molar-refractivity contribution in [2.45, 2.75) is 45.7 Å². The summed E-state index contributed by atoms with van der Waals surface area (Å²) in [6, 6.07) is 0. The summed E-state index contributed by atoms with van der Waals surface area (Å²) in [5.41, 5.74) is -2.31. The molecule has 0 saturated heterocycles. The molecular weight excluding hydrogens is 368 g/mol. The first kappa shape index (κ1) is 19.2. The Balaban J connectivity index is 2.93. The van der Waals surface area contributed by atoms with E-state index in [1.165, 1.54) is 6.92 Å². The zero-order valence-corrected chi connectivity index (χ0v) is 14.0. The van der Waals surface area contributed by atoms with Crippen molar-refractivity contribution in [2.24, 2.45) is 0 Å². The Morgan fingerprint density at radius 3 is 2.32 bits per heavy atom. The van der Waals surface area contributed by atoms with Gasteiger partial charge in [-0.3, -0.25) is 13.9 Å². The van der Waals surface area contributed by atoms with E-state index in [0.29, 0.717) is 20.5 Å². The van der Waals surface area contributed by atoms with Crippen LogP contribution in [0.2, 0.25) is 0 Å². The minimum absolute atomic E-state index is 0.141. The van der Waals surface area contributed by atoms with Gasteiger partial charge in [0.25, 0.3) is 5.56 Å². The van der Waals surface area contributed by atoms with Crippen molar-refractivity contribution in [1.82, 2.24) is 9.13 Å². The van der Waals surface area contributed by atoms with E-state index in [0.717, 1.165) is 6.92 Å². The predicted molar refractivity (Wildman–Crippen MR) is 83.2 cm³/mol. The van der Waals surface area contributed by atoms with Crippen molar-refractivity contribution in [2.75, 3.05) is 0 Å². The smallest absolute Gasteiger partial charge is 0.390 e. The summed E-state index contributed by atoms with van der Waals surface area (Å²) in [5.74, 6) is -1.52. The van der Waals surface area contributed by atoms with E-state index in [2.05, 4.69) is 0 Å². The number of carboxylic acids is 1. The fourth-order valence-electron chi connectivity index (χ4n) is 2.54. The third kappa shape index (κ3) is 3.46. The molecule has 2 aromatic heterocycles. The maximum absolute atomic E-state index is 14.0. The summed E-state index contributed by atoms with van der Waals surface area (Å²) in [4.78, 5) is 35.4. The molecule has 0 bridgehead atoms. The van der Waals surface area contributed by atoms with Crippen LogP contribution in [0.3, 0.4) is 0 Å². The zero-order chi connectivity index (χ0) is 19.1. The SMILES string of the molecule is CCn1c(=O)c2c(C(C)F)c(C(=O)O)sc2n(CCC(F)(F)F)c1=O. The number of hydrogen-bond acceptors (Lipinski definition) is 4. The molecule has 0 fully saturated rings.